The zero-order valence-corrected chi connectivity index (χ0v) is 9.69. The summed E-state index contributed by atoms with van der Waals surface area (Å²) in [5.74, 6) is 0.939. The van der Waals surface area contributed by atoms with Crippen LogP contribution in [0, 0.1) is 11.8 Å². The zero-order chi connectivity index (χ0) is 12.0. The lowest BCUT2D eigenvalue weighted by molar-refractivity contribution is 1.07. The average Bonchev–Trinajstić information content (AvgIpc) is 2.71. The number of aromatic nitrogens is 2. The normalized spacial score (nSPS) is 14.7. The first-order valence-corrected chi connectivity index (χ1v) is 5.47. The lowest BCUT2D eigenvalue weighted by Gasteiger charge is -2.14. The highest BCUT2D eigenvalue weighted by Crippen LogP contribution is 2.31. The Morgan fingerprint density at radius 3 is 3.06 bits per heavy atom. The smallest absolute Gasteiger partial charge is 0.142 e. The number of nitrogens with one attached hydrogen (secondary N) is 1. The number of aryl methyl sites for hydroxylation is 1. The Labute approximate surface area is 98.1 Å². The first-order valence-electron chi connectivity index (χ1n) is 5.47. The van der Waals surface area contributed by atoms with Crippen LogP contribution in [0.15, 0.2) is 29.2 Å². The second kappa shape index (κ2) is 3.41. The SMILES string of the molecule is CC1=C(N=O)CNc2c1nc1c(C)cccn21. The highest BCUT2D eigenvalue weighted by Gasteiger charge is 2.22. The monoisotopic (exact) mass is 228 g/mol. The van der Waals surface area contributed by atoms with Crippen LogP contribution in [0.3, 0.4) is 0 Å². The number of hydrogen-bond donors (Lipinski definition) is 1. The third-order valence-electron chi connectivity index (χ3n) is 3.17. The van der Waals surface area contributed by atoms with E-state index in [1.165, 1.54) is 0 Å². The van der Waals surface area contributed by atoms with Gasteiger partial charge in [-0.3, -0.25) is 4.40 Å². The summed E-state index contributed by atoms with van der Waals surface area (Å²) in [6.07, 6.45) is 1.97. The van der Waals surface area contributed by atoms with Gasteiger partial charge in [-0.05, 0) is 30.7 Å². The third-order valence-corrected chi connectivity index (χ3v) is 3.17. The fraction of sp³-hybridized carbons (Fsp3) is 0.250. The Morgan fingerprint density at radius 1 is 1.47 bits per heavy atom. The molecule has 3 rings (SSSR count). The number of pyridine rings is 1. The molecule has 0 spiro atoms. The molecule has 2 aromatic heterocycles. The molecule has 0 radical (unpaired) electrons. The lowest BCUT2D eigenvalue weighted by Crippen LogP contribution is -2.13. The molecule has 86 valence electrons. The molecule has 17 heavy (non-hydrogen) atoms. The van der Waals surface area contributed by atoms with E-state index in [2.05, 4.69) is 15.5 Å². The molecule has 5 nitrogen and oxygen atoms in total. The fourth-order valence-electron chi connectivity index (χ4n) is 2.17. The first-order chi connectivity index (χ1) is 8.22. The molecule has 3 heterocycles. The summed E-state index contributed by atoms with van der Waals surface area (Å²) in [6, 6.07) is 4.00. The largest absolute Gasteiger partial charge is 0.364 e. The summed E-state index contributed by atoms with van der Waals surface area (Å²) in [6.45, 7) is 4.37. The van der Waals surface area contributed by atoms with Gasteiger partial charge >= 0.3 is 0 Å². The predicted molar refractivity (Wildman–Crippen MR) is 66.8 cm³/mol. The second-order valence-electron chi connectivity index (χ2n) is 4.21. The number of fused-ring (bicyclic) bond motifs is 3. The minimum atomic E-state index is 0.462. The molecule has 0 saturated heterocycles. The van der Waals surface area contributed by atoms with Crippen LogP contribution in [-0.2, 0) is 0 Å². The van der Waals surface area contributed by atoms with Crippen molar-refractivity contribution >= 4 is 17.0 Å². The molecule has 1 N–H and O–H groups in total. The molecule has 0 bridgehead atoms. The van der Waals surface area contributed by atoms with Crippen LogP contribution >= 0.6 is 0 Å². The summed E-state index contributed by atoms with van der Waals surface area (Å²) in [4.78, 5) is 15.3. The maximum atomic E-state index is 10.7. The number of nitroso groups, excluding NO2 is 1. The molecule has 0 unspecified atom stereocenters. The van der Waals surface area contributed by atoms with Gasteiger partial charge in [0.05, 0.1) is 6.54 Å². The summed E-state index contributed by atoms with van der Waals surface area (Å²) < 4.78 is 2.01. The lowest BCUT2D eigenvalue weighted by atomic mass is 10.1. The van der Waals surface area contributed by atoms with Gasteiger partial charge in [0, 0.05) is 11.8 Å². The molecule has 0 fully saturated rings. The molecule has 2 aromatic rings. The van der Waals surface area contributed by atoms with Crippen molar-refractivity contribution in [1.29, 1.82) is 0 Å². The maximum absolute atomic E-state index is 10.7. The van der Waals surface area contributed by atoms with Gasteiger partial charge in [-0.25, -0.2) is 4.98 Å². The van der Waals surface area contributed by atoms with Gasteiger partial charge < -0.3 is 5.32 Å². The second-order valence-corrected chi connectivity index (χ2v) is 4.21. The van der Waals surface area contributed by atoms with Crippen LogP contribution in [-0.4, -0.2) is 15.9 Å². The van der Waals surface area contributed by atoms with E-state index >= 15 is 0 Å². The van der Waals surface area contributed by atoms with Crippen LogP contribution in [0.1, 0.15) is 18.2 Å². The molecule has 1 aliphatic heterocycles. The van der Waals surface area contributed by atoms with Gasteiger partial charge in [-0.2, -0.15) is 0 Å². The molecule has 0 amide bonds. The standard InChI is InChI=1S/C12H12N4O/c1-7-4-3-5-16-11(7)14-10-8(2)9(15-17)6-13-12(10)16/h3-5,13H,6H2,1-2H3. The van der Waals surface area contributed by atoms with Gasteiger partial charge in [-0.15, -0.1) is 4.91 Å². The Balaban J connectivity index is 2.36. The van der Waals surface area contributed by atoms with Crippen LogP contribution < -0.4 is 5.32 Å². The van der Waals surface area contributed by atoms with Gasteiger partial charge in [0.25, 0.3) is 0 Å². The summed E-state index contributed by atoms with van der Waals surface area (Å²) in [5, 5.41) is 6.23. The fourth-order valence-corrected chi connectivity index (χ4v) is 2.17. The van der Waals surface area contributed by atoms with Crippen molar-refractivity contribution in [2.75, 3.05) is 11.9 Å². The van der Waals surface area contributed by atoms with Crippen LogP contribution in [0.5, 0.6) is 0 Å². The minimum Gasteiger partial charge on any atom is -0.364 e. The van der Waals surface area contributed by atoms with Crippen LogP contribution in [0.2, 0.25) is 0 Å². The van der Waals surface area contributed by atoms with Crippen molar-refractivity contribution in [3.8, 4) is 0 Å². The Bertz CT molecular complexity index is 654. The van der Waals surface area contributed by atoms with Gasteiger partial charge in [0.2, 0.25) is 0 Å². The summed E-state index contributed by atoms with van der Waals surface area (Å²) in [5.41, 5.74) is 4.23. The Kier molecular flexibility index (Phi) is 2.01. The van der Waals surface area contributed by atoms with Crippen molar-refractivity contribution in [3.05, 3.63) is 40.2 Å². The van der Waals surface area contributed by atoms with E-state index in [0.717, 1.165) is 28.3 Å². The van der Waals surface area contributed by atoms with E-state index < -0.39 is 0 Å². The summed E-state index contributed by atoms with van der Waals surface area (Å²) >= 11 is 0. The number of rotatable bonds is 1. The maximum Gasteiger partial charge on any atom is 0.142 e. The summed E-state index contributed by atoms with van der Waals surface area (Å²) in [7, 11) is 0. The number of hydrogen-bond acceptors (Lipinski definition) is 4. The van der Waals surface area contributed by atoms with Crippen LogP contribution in [0.4, 0.5) is 5.82 Å². The van der Waals surface area contributed by atoms with E-state index in [1.807, 2.05) is 36.6 Å². The molecule has 0 atom stereocenters. The first kappa shape index (κ1) is 10.0. The van der Waals surface area contributed by atoms with E-state index in [9.17, 15) is 4.91 Å². The number of nitrogens with zero attached hydrogens (tertiary/aromatic N) is 3. The van der Waals surface area contributed by atoms with Gasteiger partial charge in [-0.1, -0.05) is 6.07 Å². The molecule has 0 saturated carbocycles. The molecule has 5 heteroatoms. The quantitative estimate of drug-likeness (QED) is 0.763. The minimum absolute atomic E-state index is 0.462. The van der Waals surface area contributed by atoms with E-state index in [4.69, 9.17) is 0 Å². The third kappa shape index (κ3) is 1.28. The predicted octanol–water partition coefficient (Wildman–Crippen LogP) is 2.57. The van der Waals surface area contributed by atoms with Crippen LogP contribution in [0.25, 0.3) is 11.2 Å². The average molecular weight is 228 g/mol. The number of imidazole rings is 1. The number of allylic oxidation sites excluding steroid dienone is 1. The molecule has 0 aliphatic carbocycles. The van der Waals surface area contributed by atoms with Crippen molar-refractivity contribution in [1.82, 2.24) is 9.38 Å². The Morgan fingerprint density at radius 2 is 2.29 bits per heavy atom. The Hall–Kier alpha value is -2.17. The zero-order valence-electron chi connectivity index (χ0n) is 9.69. The van der Waals surface area contributed by atoms with Crippen molar-refractivity contribution in [3.63, 3.8) is 0 Å². The molecule has 0 aromatic carbocycles. The highest BCUT2D eigenvalue weighted by atomic mass is 16.3. The van der Waals surface area contributed by atoms with E-state index in [0.29, 0.717) is 12.2 Å². The van der Waals surface area contributed by atoms with E-state index in [-0.39, 0.29) is 0 Å². The molecular weight excluding hydrogens is 216 g/mol. The van der Waals surface area contributed by atoms with Gasteiger partial charge in [0.1, 0.15) is 22.9 Å². The van der Waals surface area contributed by atoms with Crippen molar-refractivity contribution in [2.45, 2.75) is 13.8 Å². The van der Waals surface area contributed by atoms with Gasteiger partial charge in [0.15, 0.2) is 0 Å². The van der Waals surface area contributed by atoms with Crippen molar-refractivity contribution < 1.29 is 0 Å². The topological polar surface area (TPSA) is 58.8 Å². The highest BCUT2D eigenvalue weighted by molar-refractivity contribution is 5.79. The molecule has 1 aliphatic rings. The molecular formula is C12H12N4O. The van der Waals surface area contributed by atoms with Crippen molar-refractivity contribution in [2.24, 2.45) is 5.18 Å². The van der Waals surface area contributed by atoms with E-state index in [1.54, 1.807) is 0 Å². The number of anilines is 1.